The van der Waals surface area contributed by atoms with E-state index < -0.39 is 6.29 Å². The number of methoxy groups -OCH3 is 1. The van der Waals surface area contributed by atoms with Crippen molar-refractivity contribution in [3.8, 4) is 11.5 Å². The monoisotopic (exact) mass is 488 g/mol. The van der Waals surface area contributed by atoms with Crippen molar-refractivity contribution >= 4 is 17.2 Å². The van der Waals surface area contributed by atoms with Crippen LogP contribution in [0.1, 0.15) is 41.7 Å². The topological polar surface area (TPSA) is 87.9 Å². The SMILES string of the molecule is CCOC(Cn1cc(C(=O)N(CC)Cc2ccc(OCc3cccs3)c(OC)c2)nn1)OCC. The normalized spacial score (nSPS) is 11.1. The lowest BCUT2D eigenvalue weighted by atomic mass is 10.1. The first kappa shape index (κ1) is 25.7. The molecular formula is C24H32N4O5S. The zero-order valence-corrected chi connectivity index (χ0v) is 20.9. The average molecular weight is 489 g/mol. The molecule has 3 rings (SSSR count). The molecule has 0 saturated carbocycles. The predicted molar refractivity (Wildman–Crippen MR) is 129 cm³/mol. The van der Waals surface area contributed by atoms with Gasteiger partial charge in [0.05, 0.1) is 19.9 Å². The quantitative estimate of drug-likeness (QED) is 0.317. The highest BCUT2D eigenvalue weighted by Crippen LogP contribution is 2.30. The number of aromatic nitrogens is 3. The van der Waals surface area contributed by atoms with Gasteiger partial charge < -0.3 is 23.8 Å². The number of rotatable bonds is 14. The smallest absolute Gasteiger partial charge is 0.276 e. The van der Waals surface area contributed by atoms with E-state index in [0.29, 0.717) is 51.0 Å². The van der Waals surface area contributed by atoms with E-state index in [1.54, 1.807) is 34.2 Å². The fourth-order valence-corrected chi connectivity index (χ4v) is 3.96. The second-order valence-electron chi connectivity index (χ2n) is 7.34. The van der Waals surface area contributed by atoms with Crippen molar-refractivity contribution in [3.63, 3.8) is 0 Å². The molecule has 1 amide bonds. The van der Waals surface area contributed by atoms with Gasteiger partial charge in [-0.25, -0.2) is 4.68 Å². The van der Waals surface area contributed by atoms with Crippen LogP contribution in [0.5, 0.6) is 11.5 Å². The van der Waals surface area contributed by atoms with Crippen LogP contribution >= 0.6 is 11.3 Å². The summed E-state index contributed by atoms with van der Waals surface area (Å²) in [6, 6.07) is 9.73. The van der Waals surface area contributed by atoms with Gasteiger partial charge in [0.15, 0.2) is 23.5 Å². The second-order valence-corrected chi connectivity index (χ2v) is 8.37. The van der Waals surface area contributed by atoms with Gasteiger partial charge in [0.2, 0.25) is 0 Å². The molecule has 2 aromatic heterocycles. The number of amides is 1. The molecule has 0 saturated heterocycles. The summed E-state index contributed by atoms with van der Waals surface area (Å²) in [5.41, 5.74) is 1.20. The number of hydrogen-bond acceptors (Lipinski definition) is 8. The summed E-state index contributed by atoms with van der Waals surface area (Å²) in [5, 5.41) is 10.2. The summed E-state index contributed by atoms with van der Waals surface area (Å²) in [5.74, 6) is 1.09. The van der Waals surface area contributed by atoms with Crippen LogP contribution in [-0.2, 0) is 29.2 Å². The van der Waals surface area contributed by atoms with Crippen molar-refractivity contribution in [2.24, 2.45) is 0 Å². The van der Waals surface area contributed by atoms with Crippen molar-refractivity contribution in [1.82, 2.24) is 19.9 Å². The molecule has 0 unspecified atom stereocenters. The van der Waals surface area contributed by atoms with Gasteiger partial charge in [-0.3, -0.25) is 4.79 Å². The number of hydrogen-bond donors (Lipinski definition) is 0. The Morgan fingerprint density at radius 1 is 1.15 bits per heavy atom. The number of carbonyl (C=O) groups is 1. The van der Waals surface area contributed by atoms with Crippen LogP contribution in [0.4, 0.5) is 0 Å². The maximum absolute atomic E-state index is 13.1. The minimum Gasteiger partial charge on any atom is -0.493 e. The van der Waals surface area contributed by atoms with Crippen LogP contribution in [0.25, 0.3) is 0 Å². The van der Waals surface area contributed by atoms with Gasteiger partial charge in [0, 0.05) is 31.2 Å². The van der Waals surface area contributed by atoms with E-state index in [1.807, 2.05) is 56.5 Å². The Hall–Kier alpha value is -2.95. The van der Waals surface area contributed by atoms with Gasteiger partial charge in [-0.05, 0) is 49.9 Å². The third-order valence-electron chi connectivity index (χ3n) is 5.02. The highest BCUT2D eigenvalue weighted by Gasteiger charge is 2.20. The molecule has 34 heavy (non-hydrogen) atoms. The molecule has 0 aliphatic carbocycles. The first-order valence-corrected chi connectivity index (χ1v) is 12.2. The summed E-state index contributed by atoms with van der Waals surface area (Å²) in [4.78, 5) is 15.9. The van der Waals surface area contributed by atoms with E-state index in [1.165, 1.54) is 0 Å². The molecule has 184 valence electrons. The minimum absolute atomic E-state index is 0.199. The van der Waals surface area contributed by atoms with E-state index in [9.17, 15) is 4.79 Å². The number of carbonyl (C=O) groups excluding carboxylic acids is 1. The molecule has 0 bridgehead atoms. The number of benzene rings is 1. The van der Waals surface area contributed by atoms with Gasteiger partial charge in [-0.15, -0.1) is 16.4 Å². The standard InChI is InChI=1S/C24H32N4O5S/c1-5-27(24(29)20-15-28(26-25-20)16-23(31-6-2)32-7-3)14-18-10-11-21(22(13-18)30-4)33-17-19-9-8-12-34-19/h8-13,15,23H,5-7,14,16-17H2,1-4H3. The Labute approximate surface area is 204 Å². The molecule has 0 radical (unpaired) electrons. The molecule has 0 aliphatic heterocycles. The van der Waals surface area contributed by atoms with Crippen LogP contribution < -0.4 is 9.47 Å². The van der Waals surface area contributed by atoms with Crippen molar-refractivity contribution in [2.45, 2.75) is 46.8 Å². The molecule has 0 atom stereocenters. The molecule has 2 heterocycles. The molecule has 3 aromatic rings. The summed E-state index contributed by atoms with van der Waals surface area (Å²) >= 11 is 1.64. The van der Waals surface area contributed by atoms with Crippen molar-refractivity contribution in [1.29, 1.82) is 0 Å². The summed E-state index contributed by atoms with van der Waals surface area (Å²) in [6.45, 7) is 8.55. The van der Waals surface area contributed by atoms with Gasteiger partial charge >= 0.3 is 0 Å². The molecule has 1 aromatic carbocycles. The number of thiophene rings is 1. The largest absolute Gasteiger partial charge is 0.493 e. The minimum atomic E-state index is -0.435. The molecule has 0 aliphatic rings. The molecule has 0 fully saturated rings. The highest BCUT2D eigenvalue weighted by molar-refractivity contribution is 7.09. The molecule has 10 heteroatoms. The Morgan fingerprint density at radius 2 is 1.94 bits per heavy atom. The number of nitrogens with zero attached hydrogens (tertiary/aromatic N) is 4. The van der Waals surface area contributed by atoms with E-state index in [-0.39, 0.29) is 11.6 Å². The predicted octanol–water partition coefficient (Wildman–Crippen LogP) is 3.99. The van der Waals surface area contributed by atoms with Gasteiger partial charge in [-0.2, -0.15) is 0 Å². The third-order valence-corrected chi connectivity index (χ3v) is 5.87. The lowest BCUT2D eigenvalue weighted by Gasteiger charge is -2.20. The van der Waals surface area contributed by atoms with Gasteiger partial charge in [0.1, 0.15) is 6.61 Å². The highest BCUT2D eigenvalue weighted by atomic mass is 32.1. The molecule has 9 nitrogen and oxygen atoms in total. The van der Waals surface area contributed by atoms with Crippen LogP contribution in [0, 0.1) is 0 Å². The maximum atomic E-state index is 13.1. The lowest BCUT2D eigenvalue weighted by molar-refractivity contribution is -0.145. The molecular weight excluding hydrogens is 456 g/mol. The van der Waals surface area contributed by atoms with E-state index >= 15 is 0 Å². The Morgan fingerprint density at radius 3 is 2.59 bits per heavy atom. The van der Waals surface area contributed by atoms with E-state index in [0.717, 1.165) is 10.4 Å². The van der Waals surface area contributed by atoms with E-state index in [2.05, 4.69) is 10.3 Å². The zero-order valence-electron chi connectivity index (χ0n) is 20.1. The third kappa shape index (κ3) is 7.02. The van der Waals surface area contributed by atoms with Crippen LogP contribution in [0.15, 0.2) is 41.9 Å². The zero-order chi connectivity index (χ0) is 24.3. The summed E-state index contributed by atoms with van der Waals surface area (Å²) in [7, 11) is 1.61. The summed E-state index contributed by atoms with van der Waals surface area (Å²) < 4.78 is 24.1. The van der Waals surface area contributed by atoms with Crippen molar-refractivity contribution in [3.05, 3.63) is 58.0 Å². The molecule has 0 N–H and O–H groups in total. The van der Waals surface area contributed by atoms with E-state index in [4.69, 9.17) is 18.9 Å². The van der Waals surface area contributed by atoms with Gasteiger partial charge in [-0.1, -0.05) is 17.3 Å². The van der Waals surface area contributed by atoms with Crippen LogP contribution in [0.3, 0.4) is 0 Å². The Bertz CT molecular complexity index is 1020. The maximum Gasteiger partial charge on any atom is 0.276 e. The first-order valence-electron chi connectivity index (χ1n) is 11.3. The van der Waals surface area contributed by atoms with Crippen LogP contribution in [0.2, 0.25) is 0 Å². The fourth-order valence-electron chi connectivity index (χ4n) is 3.35. The average Bonchev–Trinajstić information content (AvgIpc) is 3.54. The van der Waals surface area contributed by atoms with Gasteiger partial charge in [0.25, 0.3) is 5.91 Å². The number of ether oxygens (including phenoxy) is 4. The van der Waals surface area contributed by atoms with Crippen molar-refractivity contribution < 1.29 is 23.7 Å². The Balaban J connectivity index is 1.65. The van der Waals surface area contributed by atoms with Crippen molar-refractivity contribution in [2.75, 3.05) is 26.9 Å². The lowest BCUT2D eigenvalue weighted by Crippen LogP contribution is -2.30. The fraction of sp³-hybridized carbons (Fsp3) is 0.458. The molecule has 0 spiro atoms. The van der Waals surface area contributed by atoms with Crippen LogP contribution in [-0.4, -0.2) is 59.0 Å². The Kier molecular flexibility index (Phi) is 9.87. The first-order chi connectivity index (χ1) is 16.6. The summed E-state index contributed by atoms with van der Waals surface area (Å²) in [6.07, 6.45) is 1.19. The second kappa shape index (κ2) is 13.1.